The maximum absolute atomic E-state index is 12.1. The molecule has 2 rings (SSSR count). The molecule has 0 aliphatic carbocycles. The number of imide groups is 1. The van der Waals surface area contributed by atoms with E-state index in [1.165, 1.54) is 26.0 Å². The predicted molar refractivity (Wildman–Crippen MR) is 68.0 cm³/mol. The van der Waals surface area contributed by atoms with Crippen molar-refractivity contribution in [1.82, 2.24) is 4.90 Å². The Morgan fingerprint density at radius 3 is 2.10 bits per heavy atom. The standard InChI is InChI=1S/C14H13NO5/c1-8(16)7-20-14(19)9(2)15-12(17)10-5-3-4-6-11(10)13(15)18/h3-6,9H,7H2,1-2H3/t9-/m0/s1. The molecule has 0 N–H and O–H groups in total. The fourth-order valence-corrected chi connectivity index (χ4v) is 1.96. The van der Waals surface area contributed by atoms with Gasteiger partial charge in [0.1, 0.15) is 12.6 Å². The summed E-state index contributed by atoms with van der Waals surface area (Å²) in [4.78, 5) is 47.6. The quantitative estimate of drug-likeness (QED) is 0.600. The highest BCUT2D eigenvalue weighted by Gasteiger charge is 2.41. The number of esters is 1. The Hall–Kier alpha value is -2.50. The first kappa shape index (κ1) is 13.9. The van der Waals surface area contributed by atoms with Crippen LogP contribution in [0, 0.1) is 0 Å². The summed E-state index contributed by atoms with van der Waals surface area (Å²) in [6.45, 7) is 2.30. The molecule has 1 aromatic carbocycles. The third-order valence-corrected chi connectivity index (χ3v) is 2.97. The SMILES string of the molecule is CC(=O)COC(=O)[C@H](C)N1C(=O)c2ccccc2C1=O. The Balaban J connectivity index is 2.19. The number of hydrogen-bond donors (Lipinski definition) is 0. The zero-order valence-corrected chi connectivity index (χ0v) is 11.1. The lowest BCUT2D eigenvalue weighted by Gasteiger charge is -2.20. The molecule has 0 radical (unpaired) electrons. The molecule has 1 atom stereocenters. The first-order valence-electron chi connectivity index (χ1n) is 6.06. The van der Waals surface area contributed by atoms with Crippen LogP contribution in [0.4, 0.5) is 0 Å². The van der Waals surface area contributed by atoms with Gasteiger partial charge in [0.15, 0.2) is 5.78 Å². The summed E-state index contributed by atoms with van der Waals surface area (Å²) in [6.07, 6.45) is 0. The maximum Gasteiger partial charge on any atom is 0.329 e. The first-order chi connectivity index (χ1) is 9.43. The van der Waals surface area contributed by atoms with E-state index >= 15 is 0 Å². The number of carbonyl (C=O) groups excluding carboxylic acids is 4. The van der Waals surface area contributed by atoms with Crippen molar-refractivity contribution >= 4 is 23.6 Å². The van der Waals surface area contributed by atoms with Crippen molar-refractivity contribution in [1.29, 1.82) is 0 Å². The molecule has 0 spiro atoms. The molecular formula is C14H13NO5. The largest absolute Gasteiger partial charge is 0.456 e. The van der Waals surface area contributed by atoms with Crippen LogP contribution in [-0.4, -0.2) is 41.1 Å². The van der Waals surface area contributed by atoms with Crippen LogP contribution in [0.2, 0.25) is 0 Å². The minimum Gasteiger partial charge on any atom is -0.456 e. The van der Waals surface area contributed by atoms with E-state index in [1.54, 1.807) is 12.1 Å². The molecular weight excluding hydrogens is 262 g/mol. The predicted octanol–water partition coefficient (Wildman–Crippen LogP) is 0.803. The van der Waals surface area contributed by atoms with Gasteiger partial charge in [-0.15, -0.1) is 0 Å². The van der Waals surface area contributed by atoms with E-state index in [-0.39, 0.29) is 23.5 Å². The van der Waals surface area contributed by atoms with E-state index < -0.39 is 23.8 Å². The van der Waals surface area contributed by atoms with Gasteiger partial charge in [0.05, 0.1) is 11.1 Å². The van der Waals surface area contributed by atoms with E-state index in [2.05, 4.69) is 0 Å². The molecule has 0 saturated heterocycles. The van der Waals surface area contributed by atoms with Crippen LogP contribution < -0.4 is 0 Å². The molecule has 1 aliphatic heterocycles. The molecule has 6 heteroatoms. The van der Waals surface area contributed by atoms with Gasteiger partial charge in [-0.1, -0.05) is 12.1 Å². The van der Waals surface area contributed by atoms with Crippen LogP contribution in [-0.2, 0) is 14.3 Å². The van der Waals surface area contributed by atoms with E-state index in [1.807, 2.05) is 0 Å². The average Bonchev–Trinajstić information content (AvgIpc) is 2.68. The molecule has 6 nitrogen and oxygen atoms in total. The summed E-state index contributed by atoms with van der Waals surface area (Å²) < 4.78 is 4.74. The number of amides is 2. The van der Waals surface area contributed by atoms with Crippen molar-refractivity contribution in [3.05, 3.63) is 35.4 Å². The van der Waals surface area contributed by atoms with Gasteiger partial charge in [-0.3, -0.25) is 19.3 Å². The summed E-state index contributed by atoms with van der Waals surface area (Å²) in [5.41, 5.74) is 0.535. The monoisotopic (exact) mass is 275 g/mol. The van der Waals surface area contributed by atoms with Crippen LogP contribution in [0.5, 0.6) is 0 Å². The molecule has 1 aromatic rings. The van der Waals surface area contributed by atoms with Crippen LogP contribution >= 0.6 is 0 Å². The molecule has 1 aliphatic rings. The molecule has 0 aromatic heterocycles. The minimum absolute atomic E-state index is 0.267. The third-order valence-electron chi connectivity index (χ3n) is 2.97. The Kier molecular flexibility index (Phi) is 3.65. The summed E-state index contributed by atoms with van der Waals surface area (Å²) in [5.74, 6) is -2.15. The zero-order chi connectivity index (χ0) is 14.9. The van der Waals surface area contributed by atoms with Gasteiger partial charge in [0, 0.05) is 0 Å². The van der Waals surface area contributed by atoms with Crippen molar-refractivity contribution < 1.29 is 23.9 Å². The average molecular weight is 275 g/mol. The molecule has 0 fully saturated rings. The van der Waals surface area contributed by atoms with Gasteiger partial charge in [0.25, 0.3) is 11.8 Å². The number of Topliss-reactive ketones (excluding diaryl/α,β-unsaturated/α-hetero) is 1. The number of ether oxygens (including phenoxy) is 1. The lowest BCUT2D eigenvalue weighted by atomic mass is 10.1. The number of nitrogens with zero attached hydrogens (tertiary/aromatic N) is 1. The molecule has 2 amide bonds. The molecule has 20 heavy (non-hydrogen) atoms. The van der Waals surface area contributed by atoms with Crippen molar-refractivity contribution in [2.75, 3.05) is 6.61 Å². The molecule has 0 bridgehead atoms. The third kappa shape index (κ3) is 2.32. The maximum atomic E-state index is 12.1. The highest BCUT2D eigenvalue weighted by atomic mass is 16.5. The van der Waals surface area contributed by atoms with E-state index in [0.717, 1.165) is 4.90 Å². The van der Waals surface area contributed by atoms with Crippen molar-refractivity contribution in [3.8, 4) is 0 Å². The zero-order valence-electron chi connectivity index (χ0n) is 11.1. The molecule has 0 saturated carbocycles. The molecule has 104 valence electrons. The summed E-state index contributed by atoms with van der Waals surface area (Å²) in [5, 5.41) is 0. The van der Waals surface area contributed by atoms with Gasteiger partial charge >= 0.3 is 5.97 Å². The van der Waals surface area contributed by atoms with Crippen molar-refractivity contribution in [3.63, 3.8) is 0 Å². The Morgan fingerprint density at radius 2 is 1.65 bits per heavy atom. The molecule has 1 heterocycles. The highest BCUT2D eigenvalue weighted by molar-refractivity contribution is 6.22. The fraction of sp³-hybridized carbons (Fsp3) is 0.286. The first-order valence-corrected chi connectivity index (χ1v) is 6.06. The van der Waals surface area contributed by atoms with Crippen LogP contribution in [0.3, 0.4) is 0 Å². The normalized spacial score (nSPS) is 15.0. The van der Waals surface area contributed by atoms with E-state index in [0.29, 0.717) is 0 Å². The lowest BCUT2D eigenvalue weighted by molar-refractivity contribution is -0.150. The summed E-state index contributed by atoms with van der Waals surface area (Å²) in [6, 6.07) is 5.28. The van der Waals surface area contributed by atoms with Gasteiger partial charge in [0.2, 0.25) is 0 Å². The van der Waals surface area contributed by atoms with E-state index in [4.69, 9.17) is 4.74 Å². The second-order valence-corrected chi connectivity index (χ2v) is 4.51. The fourth-order valence-electron chi connectivity index (χ4n) is 1.96. The number of ketones is 1. The van der Waals surface area contributed by atoms with Gasteiger partial charge < -0.3 is 4.74 Å². The summed E-state index contributed by atoms with van der Waals surface area (Å²) in [7, 11) is 0. The lowest BCUT2D eigenvalue weighted by Crippen LogP contribution is -2.44. The van der Waals surface area contributed by atoms with Crippen LogP contribution in [0.1, 0.15) is 34.6 Å². The number of fused-ring (bicyclic) bond motifs is 1. The molecule has 0 unspecified atom stereocenters. The Labute approximate surface area is 115 Å². The highest BCUT2D eigenvalue weighted by Crippen LogP contribution is 2.24. The second-order valence-electron chi connectivity index (χ2n) is 4.51. The Bertz CT molecular complexity index is 572. The smallest absolute Gasteiger partial charge is 0.329 e. The number of rotatable bonds is 4. The summed E-state index contributed by atoms with van der Waals surface area (Å²) >= 11 is 0. The second kappa shape index (κ2) is 5.24. The Morgan fingerprint density at radius 1 is 1.15 bits per heavy atom. The van der Waals surface area contributed by atoms with Crippen molar-refractivity contribution in [2.45, 2.75) is 19.9 Å². The van der Waals surface area contributed by atoms with Crippen LogP contribution in [0.15, 0.2) is 24.3 Å². The van der Waals surface area contributed by atoms with Crippen molar-refractivity contribution in [2.24, 2.45) is 0 Å². The van der Waals surface area contributed by atoms with E-state index in [9.17, 15) is 19.2 Å². The number of carbonyl (C=O) groups is 4. The number of benzene rings is 1. The number of hydrogen-bond acceptors (Lipinski definition) is 5. The minimum atomic E-state index is -1.07. The van der Waals surface area contributed by atoms with Gasteiger partial charge in [-0.05, 0) is 26.0 Å². The van der Waals surface area contributed by atoms with Crippen LogP contribution in [0.25, 0.3) is 0 Å². The van der Waals surface area contributed by atoms with Gasteiger partial charge in [-0.2, -0.15) is 0 Å². The van der Waals surface area contributed by atoms with Gasteiger partial charge in [-0.25, -0.2) is 4.79 Å². The topological polar surface area (TPSA) is 80.8 Å².